The van der Waals surface area contributed by atoms with Gasteiger partial charge in [-0.2, -0.15) is 0 Å². The van der Waals surface area contributed by atoms with Crippen LogP contribution in [0.3, 0.4) is 0 Å². The number of hydrogen-bond acceptors (Lipinski definition) is 2. The van der Waals surface area contributed by atoms with Crippen LogP contribution < -0.4 is 5.56 Å². The molecule has 1 heterocycles. The molecule has 0 N–H and O–H groups in total. The Bertz CT molecular complexity index is 1130. The normalized spacial score (nSPS) is 11.0. The molecule has 122 valence electrons. The Morgan fingerprint density at radius 3 is 2.32 bits per heavy atom. The molecule has 1 aromatic heterocycles. The lowest BCUT2D eigenvalue weighted by Gasteiger charge is -2.15. The summed E-state index contributed by atoms with van der Waals surface area (Å²) in [6, 6.07) is 23.2. The van der Waals surface area contributed by atoms with Crippen molar-refractivity contribution in [2.45, 2.75) is 6.92 Å². The predicted octanol–water partition coefficient (Wildman–Crippen LogP) is 5.12. The van der Waals surface area contributed by atoms with Gasteiger partial charge in [0.1, 0.15) is 5.82 Å². The van der Waals surface area contributed by atoms with E-state index in [1.165, 1.54) is 0 Å². The van der Waals surface area contributed by atoms with Gasteiger partial charge in [0.15, 0.2) is 0 Å². The van der Waals surface area contributed by atoms with Gasteiger partial charge in [-0.1, -0.05) is 64.0 Å². The molecule has 0 radical (unpaired) electrons. The highest BCUT2D eigenvalue weighted by Gasteiger charge is 2.15. The van der Waals surface area contributed by atoms with Crippen molar-refractivity contribution in [3.8, 4) is 17.1 Å². The standard InChI is InChI=1S/C21H15BrN2O/c1-14-10-12-15(13-11-14)24-20(16-6-2-4-8-18(16)22)23-19-9-5-3-7-17(19)21(24)25/h2-13H,1H3. The van der Waals surface area contributed by atoms with Gasteiger partial charge in [-0.05, 0) is 37.3 Å². The fourth-order valence-electron chi connectivity index (χ4n) is 2.89. The van der Waals surface area contributed by atoms with Gasteiger partial charge >= 0.3 is 0 Å². The Balaban J connectivity index is 2.13. The van der Waals surface area contributed by atoms with Crippen LogP contribution in [-0.4, -0.2) is 9.55 Å². The number of rotatable bonds is 2. The topological polar surface area (TPSA) is 34.9 Å². The minimum absolute atomic E-state index is 0.0693. The first-order valence-corrected chi connectivity index (χ1v) is 8.78. The SMILES string of the molecule is Cc1ccc(-n2c(-c3ccccc3Br)nc3ccccc3c2=O)cc1. The van der Waals surface area contributed by atoms with Crippen LogP contribution >= 0.6 is 15.9 Å². The van der Waals surface area contributed by atoms with E-state index in [9.17, 15) is 4.79 Å². The zero-order chi connectivity index (χ0) is 17.4. The van der Waals surface area contributed by atoms with Crippen LogP contribution in [0.2, 0.25) is 0 Å². The van der Waals surface area contributed by atoms with E-state index < -0.39 is 0 Å². The number of fused-ring (bicyclic) bond motifs is 1. The maximum absolute atomic E-state index is 13.2. The van der Waals surface area contributed by atoms with Crippen molar-refractivity contribution in [3.05, 3.63) is 93.2 Å². The predicted molar refractivity (Wildman–Crippen MR) is 105 cm³/mol. The van der Waals surface area contributed by atoms with E-state index >= 15 is 0 Å². The molecule has 0 aliphatic heterocycles. The molecule has 0 saturated heterocycles. The summed E-state index contributed by atoms with van der Waals surface area (Å²) in [5, 5.41) is 0.610. The van der Waals surface area contributed by atoms with E-state index in [2.05, 4.69) is 15.9 Å². The Morgan fingerprint density at radius 2 is 1.56 bits per heavy atom. The number of halogens is 1. The van der Waals surface area contributed by atoms with Crippen molar-refractivity contribution >= 4 is 26.8 Å². The molecule has 4 rings (SSSR count). The van der Waals surface area contributed by atoms with E-state index in [0.29, 0.717) is 16.7 Å². The Labute approximate surface area is 153 Å². The molecule has 0 bridgehead atoms. The van der Waals surface area contributed by atoms with Gasteiger partial charge in [-0.3, -0.25) is 9.36 Å². The molecule has 0 saturated carbocycles. The average molecular weight is 391 g/mol. The monoisotopic (exact) mass is 390 g/mol. The van der Waals surface area contributed by atoms with Gasteiger partial charge < -0.3 is 0 Å². The second-order valence-corrected chi connectivity index (χ2v) is 6.76. The molecule has 25 heavy (non-hydrogen) atoms. The van der Waals surface area contributed by atoms with Crippen LogP contribution in [0, 0.1) is 6.92 Å². The van der Waals surface area contributed by atoms with Crippen molar-refractivity contribution in [1.29, 1.82) is 0 Å². The molecule has 3 aromatic carbocycles. The summed E-state index contributed by atoms with van der Waals surface area (Å²) in [7, 11) is 0. The molecule has 0 fully saturated rings. The molecule has 0 aliphatic rings. The third kappa shape index (κ3) is 2.79. The van der Waals surface area contributed by atoms with Crippen LogP contribution in [-0.2, 0) is 0 Å². The van der Waals surface area contributed by atoms with Gasteiger partial charge in [0.05, 0.1) is 16.6 Å². The number of aromatic nitrogens is 2. The molecule has 0 amide bonds. The van der Waals surface area contributed by atoms with Crippen LogP contribution in [0.15, 0.2) is 82.1 Å². The number of hydrogen-bond donors (Lipinski definition) is 0. The molecule has 0 unspecified atom stereocenters. The fourth-order valence-corrected chi connectivity index (χ4v) is 3.35. The van der Waals surface area contributed by atoms with Crippen molar-refractivity contribution in [3.63, 3.8) is 0 Å². The van der Waals surface area contributed by atoms with Crippen molar-refractivity contribution < 1.29 is 0 Å². The molecular weight excluding hydrogens is 376 g/mol. The third-order valence-corrected chi connectivity index (χ3v) is 4.87. The summed E-state index contributed by atoms with van der Waals surface area (Å²) in [6.07, 6.45) is 0. The molecule has 0 atom stereocenters. The first-order valence-electron chi connectivity index (χ1n) is 7.99. The largest absolute Gasteiger partial charge is 0.268 e. The summed E-state index contributed by atoms with van der Waals surface area (Å²) in [5.41, 5.74) is 3.46. The smallest absolute Gasteiger partial charge is 0.266 e. The maximum atomic E-state index is 13.2. The van der Waals surface area contributed by atoms with Gasteiger partial charge in [0, 0.05) is 10.0 Å². The number of nitrogens with zero attached hydrogens (tertiary/aromatic N) is 2. The molecule has 3 nitrogen and oxygen atoms in total. The van der Waals surface area contributed by atoms with Crippen LogP contribution in [0.5, 0.6) is 0 Å². The van der Waals surface area contributed by atoms with Gasteiger partial charge in [-0.15, -0.1) is 0 Å². The van der Waals surface area contributed by atoms with Crippen molar-refractivity contribution in [1.82, 2.24) is 9.55 Å². The molecule has 4 heteroatoms. The zero-order valence-corrected chi connectivity index (χ0v) is 15.2. The lowest BCUT2D eigenvalue weighted by molar-refractivity contribution is 0.974. The average Bonchev–Trinajstić information content (AvgIpc) is 2.63. The van der Waals surface area contributed by atoms with E-state index in [-0.39, 0.29) is 5.56 Å². The Hall–Kier alpha value is -2.72. The van der Waals surface area contributed by atoms with E-state index in [0.717, 1.165) is 21.3 Å². The minimum Gasteiger partial charge on any atom is -0.268 e. The van der Waals surface area contributed by atoms with E-state index in [1.807, 2.05) is 79.7 Å². The Morgan fingerprint density at radius 1 is 0.880 bits per heavy atom. The maximum Gasteiger partial charge on any atom is 0.266 e. The van der Waals surface area contributed by atoms with Crippen molar-refractivity contribution in [2.75, 3.05) is 0 Å². The number of para-hydroxylation sites is 1. The molecule has 0 spiro atoms. The molecule has 0 aliphatic carbocycles. The van der Waals surface area contributed by atoms with Crippen molar-refractivity contribution in [2.24, 2.45) is 0 Å². The van der Waals surface area contributed by atoms with Gasteiger partial charge in [0.25, 0.3) is 5.56 Å². The zero-order valence-electron chi connectivity index (χ0n) is 13.6. The van der Waals surface area contributed by atoms with E-state index in [1.54, 1.807) is 4.57 Å². The minimum atomic E-state index is -0.0693. The summed E-state index contributed by atoms with van der Waals surface area (Å²) < 4.78 is 2.58. The second-order valence-electron chi connectivity index (χ2n) is 5.91. The molecule has 4 aromatic rings. The summed E-state index contributed by atoms with van der Waals surface area (Å²) in [4.78, 5) is 18.0. The summed E-state index contributed by atoms with van der Waals surface area (Å²) in [6.45, 7) is 2.03. The summed E-state index contributed by atoms with van der Waals surface area (Å²) in [5.74, 6) is 0.625. The highest BCUT2D eigenvalue weighted by Crippen LogP contribution is 2.28. The highest BCUT2D eigenvalue weighted by molar-refractivity contribution is 9.10. The lowest BCUT2D eigenvalue weighted by atomic mass is 10.1. The summed E-state index contributed by atoms with van der Waals surface area (Å²) >= 11 is 3.58. The van der Waals surface area contributed by atoms with Crippen LogP contribution in [0.1, 0.15) is 5.56 Å². The Kier molecular flexibility index (Phi) is 3.98. The molecular formula is C21H15BrN2O. The van der Waals surface area contributed by atoms with Gasteiger partial charge in [0.2, 0.25) is 0 Å². The van der Waals surface area contributed by atoms with Gasteiger partial charge in [-0.25, -0.2) is 4.98 Å². The first-order chi connectivity index (χ1) is 12.1. The fraction of sp³-hybridized carbons (Fsp3) is 0.0476. The lowest BCUT2D eigenvalue weighted by Crippen LogP contribution is -2.22. The highest BCUT2D eigenvalue weighted by atomic mass is 79.9. The quantitative estimate of drug-likeness (QED) is 0.475. The number of aryl methyl sites for hydroxylation is 1. The number of benzene rings is 3. The van der Waals surface area contributed by atoms with E-state index in [4.69, 9.17) is 4.98 Å². The van der Waals surface area contributed by atoms with Crippen LogP contribution in [0.25, 0.3) is 28.0 Å². The second kappa shape index (κ2) is 6.30. The van der Waals surface area contributed by atoms with Crippen LogP contribution in [0.4, 0.5) is 0 Å². The third-order valence-electron chi connectivity index (χ3n) is 4.18. The first kappa shape index (κ1) is 15.8.